The second-order valence-electron chi connectivity index (χ2n) is 6.01. The van der Waals surface area contributed by atoms with Crippen molar-refractivity contribution in [2.24, 2.45) is 34.4 Å². The van der Waals surface area contributed by atoms with E-state index in [2.05, 4.69) is 0 Å². The lowest BCUT2D eigenvalue weighted by Crippen LogP contribution is -3.00. The second kappa shape index (κ2) is 25.6. The molecule has 0 saturated heterocycles. The van der Waals surface area contributed by atoms with Gasteiger partial charge in [0.15, 0.2) is 0 Å². The van der Waals surface area contributed by atoms with E-state index in [1.165, 1.54) is 35.3 Å². The molecule has 0 aliphatic heterocycles. The smallest absolute Gasteiger partial charge is 0.304 e. The molecule has 1 aromatic carbocycles. The molecule has 1 rings (SSSR count). The van der Waals surface area contributed by atoms with E-state index in [9.17, 15) is 0 Å². The molecule has 0 radical (unpaired) electrons. The topological polar surface area (TPSA) is 310 Å². The van der Waals surface area contributed by atoms with Gasteiger partial charge < -0.3 is 74.4 Å². The van der Waals surface area contributed by atoms with Crippen molar-refractivity contribution in [2.45, 2.75) is 31.9 Å². The van der Waals surface area contributed by atoms with E-state index in [-0.39, 0.29) is 105 Å². The zero-order valence-electron chi connectivity index (χ0n) is 19.8. The van der Waals surface area contributed by atoms with Gasteiger partial charge in [-0.3, -0.25) is 66.9 Å². The van der Waals surface area contributed by atoms with E-state index in [4.69, 9.17) is 66.9 Å². The van der Waals surface area contributed by atoms with Gasteiger partial charge in [0, 0.05) is 31.9 Å². The molecule has 0 aliphatic carbocycles. The molecule has 12 nitrogen and oxygen atoms in total. The van der Waals surface area contributed by atoms with Gasteiger partial charge in [-0.15, -0.1) is 0 Å². The zero-order valence-corrected chi connectivity index (χ0v) is 29.2. The SMILES string of the molecule is NC(=[NH2+])SCc1c(SC(N)=[NH2+])c(CSC(N)=[NH2+])c(SC(N)=[NH2+])c(CSC(N)=[NH2+])c1SC(N)=[NH2+].[Cl-].[Cl-].[Cl-].[Cl-].[Cl-].[Cl-]. The van der Waals surface area contributed by atoms with Crippen LogP contribution in [0.25, 0.3) is 0 Å². The van der Waals surface area contributed by atoms with Crippen LogP contribution in [0.2, 0.25) is 0 Å². The van der Waals surface area contributed by atoms with Crippen molar-refractivity contribution in [3.05, 3.63) is 16.7 Å². The van der Waals surface area contributed by atoms with Crippen LogP contribution in [0.4, 0.5) is 0 Å². The Bertz CT molecular complexity index is 873. The Morgan fingerprint density at radius 2 is 0.564 bits per heavy atom. The van der Waals surface area contributed by atoms with E-state index < -0.39 is 0 Å². The summed E-state index contributed by atoms with van der Waals surface area (Å²) in [6.45, 7) is 0. The predicted molar refractivity (Wildman–Crippen MR) is 145 cm³/mol. The van der Waals surface area contributed by atoms with Crippen LogP contribution < -0.4 is 141 Å². The lowest BCUT2D eigenvalue weighted by molar-refractivity contribution is -0.110. The third kappa shape index (κ3) is 18.8. The third-order valence-corrected chi connectivity index (χ3v) is 8.55. The Morgan fingerprint density at radius 3 is 0.692 bits per heavy atom. The maximum absolute atomic E-state index is 5.88. The molecule has 39 heavy (non-hydrogen) atoms. The van der Waals surface area contributed by atoms with E-state index in [1.807, 2.05) is 0 Å². The van der Waals surface area contributed by atoms with Gasteiger partial charge in [0.25, 0.3) is 15.5 Å². The molecule has 0 fully saturated rings. The average Bonchev–Trinajstić information content (AvgIpc) is 2.64. The maximum Gasteiger partial charge on any atom is 0.304 e. The first-order chi connectivity index (χ1) is 15.3. The first kappa shape index (κ1) is 51.6. The van der Waals surface area contributed by atoms with Crippen molar-refractivity contribution in [3.63, 3.8) is 0 Å². The molecule has 0 aromatic heterocycles. The van der Waals surface area contributed by atoms with Crippen LogP contribution >= 0.6 is 70.6 Å². The Balaban J connectivity index is -0.000000454. The third-order valence-electron chi connectivity index (χ3n) is 3.45. The highest BCUT2D eigenvalue weighted by Gasteiger charge is 2.29. The minimum Gasteiger partial charge on any atom is -1.00 e. The molecule has 0 heterocycles. The van der Waals surface area contributed by atoms with Gasteiger partial charge >= 0.3 is 15.5 Å². The summed E-state index contributed by atoms with van der Waals surface area (Å²) in [4.78, 5) is 2.22. The molecule has 0 amide bonds. The summed E-state index contributed by atoms with van der Waals surface area (Å²) in [5, 5.41) is 35.7. The summed E-state index contributed by atoms with van der Waals surface area (Å²) in [5.74, 6) is 1.12. The molecule has 1 aromatic rings. The average molecular weight is 784 g/mol. The summed E-state index contributed by atoms with van der Waals surface area (Å²) in [5.41, 5.74) is 37.3. The number of rotatable bonds is 9. The number of amidine groups is 6. The number of halogens is 6. The lowest BCUT2D eigenvalue weighted by atomic mass is 10.1. The fourth-order valence-electron chi connectivity index (χ4n) is 2.44. The molecule has 0 saturated carbocycles. The van der Waals surface area contributed by atoms with Gasteiger partial charge in [0.1, 0.15) is 0 Å². The first-order valence-corrected chi connectivity index (χ1v) is 14.1. The quantitative estimate of drug-likeness (QED) is 0.0632. The minimum absolute atomic E-state index is 0. The maximum atomic E-state index is 5.88. The second-order valence-corrected chi connectivity index (χ2v) is 12.4. The van der Waals surface area contributed by atoms with Crippen molar-refractivity contribution >= 4 is 102 Å². The van der Waals surface area contributed by atoms with Crippen LogP contribution in [0.15, 0.2) is 14.7 Å². The largest absolute Gasteiger partial charge is 1.00 e. The minimum atomic E-state index is 0. The standard InChI is InChI=1S/C15H24N12S6.6ClH/c16-10(17)28-1-4-7(31-13(22)23)5(2-29-11(18)19)9(33-15(26)27)6(3-30-12(20)21)8(4)32-14(24)25;;;;;;/h1-3H2,(H3,16,17)(H3,18,19)(H3,20,21)(H3,22,23)(H3,24,25)(H3,26,27);6*1H. The number of hydrogen-bond donors (Lipinski definition) is 12. The van der Waals surface area contributed by atoms with Crippen LogP contribution in [0.3, 0.4) is 0 Å². The Morgan fingerprint density at radius 1 is 0.385 bits per heavy atom. The fourth-order valence-corrected chi connectivity index (χ4v) is 7.47. The Labute approximate surface area is 289 Å². The monoisotopic (exact) mass is 780 g/mol. The molecule has 0 aliphatic rings. The highest BCUT2D eigenvalue weighted by Crippen LogP contribution is 2.46. The molecule has 228 valence electrons. The summed E-state index contributed by atoms with van der Waals surface area (Å²) in [7, 11) is 0. The van der Waals surface area contributed by atoms with E-state index in [0.717, 1.165) is 66.7 Å². The molecule has 0 atom stereocenters. The zero-order chi connectivity index (χ0) is 25.3. The van der Waals surface area contributed by atoms with E-state index in [1.54, 1.807) is 0 Å². The lowest BCUT2D eigenvalue weighted by Gasteiger charge is -2.23. The molecule has 24 N–H and O–H groups in total. The number of nitrogens with two attached hydrogens (primary N) is 12. The van der Waals surface area contributed by atoms with Crippen molar-refractivity contribution in [2.75, 3.05) is 0 Å². The predicted octanol–water partition coefficient (Wildman–Crippen LogP) is -26.9. The van der Waals surface area contributed by atoms with Crippen LogP contribution in [0, 0.1) is 0 Å². The van der Waals surface area contributed by atoms with Crippen molar-refractivity contribution in [1.82, 2.24) is 0 Å². The van der Waals surface area contributed by atoms with Gasteiger partial charge in [0.05, 0.1) is 0 Å². The van der Waals surface area contributed by atoms with Crippen molar-refractivity contribution in [1.29, 1.82) is 0 Å². The van der Waals surface area contributed by atoms with Crippen LogP contribution in [0.5, 0.6) is 0 Å². The molecule has 0 spiro atoms. The molecular weight excluding hydrogens is 753 g/mol. The van der Waals surface area contributed by atoms with Crippen LogP contribution in [-0.4, -0.2) is 31.0 Å². The van der Waals surface area contributed by atoms with Gasteiger partial charge in [0.2, 0.25) is 0 Å². The summed E-state index contributed by atoms with van der Waals surface area (Å²) in [6.07, 6.45) is 0. The summed E-state index contributed by atoms with van der Waals surface area (Å²) < 4.78 is 0. The summed E-state index contributed by atoms with van der Waals surface area (Å²) >= 11 is 7.19. The fraction of sp³-hybridized carbons (Fsp3) is 0.200. The Kier molecular flexibility index (Phi) is 33.8. The number of hydrogen-bond acceptors (Lipinski definition) is 6. The van der Waals surface area contributed by atoms with Crippen molar-refractivity contribution < 1.29 is 107 Å². The Hall–Kier alpha value is -0.120. The highest BCUT2D eigenvalue weighted by molar-refractivity contribution is 8.16. The van der Waals surface area contributed by atoms with Crippen molar-refractivity contribution in [3.8, 4) is 0 Å². The van der Waals surface area contributed by atoms with Gasteiger partial charge in [-0.05, 0) is 87.3 Å². The summed E-state index contributed by atoms with van der Waals surface area (Å²) in [6, 6.07) is 0. The van der Waals surface area contributed by atoms with E-state index in [0.29, 0.717) is 17.3 Å². The molecule has 0 unspecified atom stereocenters. The number of benzene rings is 1. The van der Waals surface area contributed by atoms with Gasteiger partial charge in [-0.25, -0.2) is 0 Å². The van der Waals surface area contributed by atoms with Crippen LogP contribution in [0.1, 0.15) is 16.7 Å². The highest BCUT2D eigenvalue weighted by atomic mass is 35.5. The van der Waals surface area contributed by atoms with E-state index >= 15 is 0 Å². The molecule has 24 heteroatoms. The number of thioether (sulfide) groups is 6. The van der Waals surface area contributed by atoms with Crippen LogP contribution in [-0.2, 0) is 17.3 Å². The molecular formula is C15H30Cl6N12S6. The molecule has 0 bridgehead atoms. The first-order valence-electron chi connectivity index (χ1n) is 8.73. The normalized spacial score (nSPS) is 8.92. The van der Waals surface area contributed by atoms with Gasteiger partial charge in [-0.1, -0.05) is 0 Å². The van der Waals surface area contributed by atoms with Gasteiger partial charge in [-0.2, -0.15) is 0 Å².